The maximum Gasteiger partial charge on any atom is 0.379 e. The molecule has 0 saturated carbocycles. The summed E-state index contributed by atoms with van der Waals surface area (Å²) in [6.07, 6.45) is 1.29. The van der Waals surface area contributed by atoms with Gasteiger partial charge in [0.2, 0.25) is 0 Å². The SMILES string of the molecule is CCOC(=O)C(=O)c1cc(F)c(S(C)(=O)=O)c(S(C)(=O)=O)c1. The quantitative estimate of drug-likeness (QED) is 0.428. The molecule has 122 valence electrons. The number of sulfone groups is 2. The van der Waals surface area contributed by atoms with Crippen LogP contribution in [0.1, 0.15) is 17.3 Å². The van der Waals surface area contributed by atoms with E-state index in [2.05, 4.69) is 4.74 Å². The Morgan fingerprint density at radius 1 is 1.09 bits per heavy atom. The summed E-state index contributed by atoms with van der Waals surface area (Å²) in [5.74, 6) is -4.00. The first-order chi connectivity index (χ1) is 9.89. The van der Waals surface area contributed by atoms with Gasteiger partial charge in [0.15, 0.2) is 19.7 Å². The number of hydrogen-bond donors (Lipinski definition) is 0. The molecule has 10 heteroatoms. The van der Waals surface area contributed by atoms with Crippen LogP contribution in [0.15, 0.2) is 21.9 Å². The zero-order valence-electron chi connectivity index (χ0n) is 11.9. The van der Waals surface area contributed by atoms with E-state index in [0.717, 1.165) is 0 Å². The average molecular weight is 352 g/mol. The molecule has 1 rings (SSSR count). The Morgan fingerprint density at radius 3 is 2.05 bits per heavy atom. The predicted molar refractivity (Wildman–Crippen MR) is 73.6 cm³/mol. The lowest BCUT2D eigenvalue weighted by Gasteiger charge is -2.10. The van der Waals surface area contributed by atoms with Crippen molar-refractivity contribution in [2.45, 2.75) is 16.7 Å². The molecule has 0 spiro atoms. The number of ether oxygens (including phenoxy) is 1. The van der Waals surface area contributed by atoms with Crippen molar-refractivity contribution >= 4 is 31.4 Å². The lowest BCUT2D eigenvalue weighted by atomic mass is 10.1. The van der Waals surface area contributed by atoms with Gasteiger partial charge in [0, 0.05) is 18.1 Å². The molecule has 1 aromatic carbocycles. The van der Waals surface area contributed by atoms with Gasteiger partial charge >= 0.3 is 5.97 Å². The van der Waals surface area contributed by atoms with Gasteiger partial charge in [-0.1, -0.05) is 0 Å². The first-order valence-electron chi connectivity index (χ1n) is 5.84. The second-order valence-electron chi connectivity index (χ2n) is 4.38. The van der Waals surface area contributed by atoms with Crippen LogP contribution in [-0.2, 0) is 29.2 Å². The third-order valence-electron chi connectivity index (χ3n) is 2.50. The molecule has 0 aliphatic heterocycles. The highest BCUT2D eigenvalue weighted by Gasteiger charge is 2.29. The highest BCUT2D eigenvalue weighted by Crippen LogP contribution is 2.26. The standard InChI is InChI=1S/C12H13FO7S2/c1-4-20-12(15)10(14)7-5-8(13)11(22(3,18)19)9(6-7)21(2,16)17/h5-6H,4H2,1-3H3. The van der Waals surface area contributed by atoms with E-state index in [1.807, 2.05) is 0 Å². The summed E-state index contributed by atoms with van der Waals surface area (Å²) in [6, 6.07) is 1.14. The van der Waals surface area contributed by atoms with Crippen molar-refractivity contribution in [3.8, 4) is 0 Å². The molecule has 0 N–H and O–H groups in total. The topological polar surface area (TPSA) is 112 Å². The number of rotatable bonds is 5. The third kappa shape index (κ3) is 3.89. The molecule has 0 radical (unpaired) electrons. The number of esters is 1. The van der Waals surface area contributed by atoms with E-state index in [9.17, 15) is 30.8 Å². The number of carbonyl (C=O) groups is 2. The van der Waals surface area contributed by atoms with Gasteiger partial charge in [-0.3, -0.25) is 4.79 Å². The van der Waals surface area contributed by atoms with E-state index in [4.69, 9.17) is 0 Å². The van der Waals surface area contributed by atoms with Crippen LogP contribution in [0.25, 0.3) is 0 Å². The van der Waals surface area contributed by atoms with Crippen LogP contribution in [0.4, 0.5) is 4.39 Å². The van der Waals surface area contributed by atoms with E-state index in [1.165, 1.54) is 6.92 Å². The zero-order chi connectivity index (χ0) is 17.3. The molecule has 0 aliphatic carbocycles. The van der Waals surface area contributed by atoms with Gasteiger partial charge in [-0.25, -0.2) is 26.0 Å². The number of benzene rings is 1. The molecule has 0 aromatic heterocycles. The van der Waals surface area contributed by atoms with Crippen LogP contribution in [-0.4, -0.2) is 47.7 Å². The summed E-state index contributed by atoms with van der Waals surface area (Å²) in [6.45, 7) is 1.34. The van der Waals surface area contributed by atoms with Crippen molar-refractivity contribution in [2.24, 2.45) is 0 Å². The van der Waals surface area contributed by atoms with E-state index in [-0.39, 0.29) is 6.61 Å². The normalized spacial score (nSPS) is 12.0. The summed E-state index contributed by atoms with van der Waals surface area (Å²) in [5.41, 5.74) is -0.608. The van der Waals surface area contributed by atoms with Crippen LogP contribution >= 0.6 is 0 Å². The molecule has 22 heavy (non-hydrogen) atoms. The molecule has 0 atom stereocenters. The molecule has 0 fully saturated rings. The summed E-state index contributed by atoms with van der Waals surface area (Å²) in [4.78, 5) is 21.1. The Bertz CT molecular complexity index is 838. The van der Waals surface area contributed by atoms with Crippen LogP contribution in [0.5, 0.6) is 0 Å². The van der Waals surface area contributed by atoms with Gasteiger partial charge in [-0.2, -0.15) is 0 Å². The lowest BCUT2D eigenvalue weighted by molar-refractivity contribution is -0.137. The molecule has 0 heterocycles. The fourth-order valence-electron chi connectivity index (χ4n) is 1.65. The van der Waals surface area contributed by atoms with Gasteiger partial charge < -0.3 is 4.74 Å². The van der Waals surface area contributed by atoms with E-state index >= 15 is 0 Å². The minimum absolute atomic E-state index is 0.104. The van der Waals surface area contributed by atoms with Crippen LogP contribution in [0, 0.1) is 5.82 Å². The molecular formula is C12H13FO7S2. The van der Waals surface area contributed by atoms with Crippen molar-refractivity contribution in [1.29, 1.82) is 0 Å². The highest BCUT2D eigenvalue weighted by atomic mass is 32.2. The predicted octanol–water partition coefficient (Wildman–Crippen LogP) is 0.379. The lowest BCUT2D eigenvalue weighted by Crippen LogP contribution is -2.19. The van der Waals surface area contributed by atoms with Crippen molar-refractivity contribution in [3.63, 3.8) is 0 Å². The monoisotopic (exact) mass is 352 g/mol. The minimum Gasteiger partial charge on any atom is -0.460 e. The Kier molecular flexibility index (Phi) is 5.08. The van der Waals surface area contributed by atoms with Gasteiger partial charge in [-0.05, 0) is 19.1 Å². The molecule has 0 amide bonds. The van der Waals surface area contributed by atoms with Gasteiger partial charge in [0.05, 0.1) is 11.5 Å². The Balaban J connectivity index is 3.67. The Hall–Kier alpha value is -1.81. The minimum atomic E-state index is -4.20. The first kappa shape index (κ1) is 18.2. The number of ketones is 1. The summed E-state index contributed by atoms with van der Waals surface area (Å²) >= 11 is 0. The maximum absolute atomic E-state index is 14.0. The smallest absolute Gasteiger partial charge is 0.379 e. The largest absolute Gasteiger partial charge is 0.460 e. The molecule has 0 unspecified atom stereocenters. The number of hydrogen-bond acceptors (Lipinski definition) is 7. The molecule has 0 aliphatic rings. The Morgan fingerprint density at radius 2 is 1.64 bits per heavy atom. The van der Waals surface area contributed by atoms with Crippen molar-refractivity contribution in [3.05, 3.63) is 23.5 Å². The average Bonchev–Trinajstić information content (AvgIpc) is 2.34. The molecular weight excluding hydrogens is 339 g/mol. The van der Waals surface area contributed by atoms with Crippen LogP contribution in [0.2, 0.25) is 0 Å². The van der Waals surface area contributed by atoms with E-state index in [0.29, 0.717) is 24.6 Å². The number of carbonyl (C=O) groups excluding carboxylic acids is 2. The molecule has 1 aromatic rings. The highest BCUT2D eigenvalue weighted by molar-refractivity contribution is 7.93. The van der Waals surface area contributed by atoms with Gasteiger partial charge in [0.1, 0.15) is 10.7 Å². The molecule has 0 bridgehead atoms. The maximum atomic E-state index is 14.0. The number of Topliss-reactive ketones (excluding diaryl/α,β-unsaturated/α-hetero) is 1. The van der Waals surface area contributed by atoms with Crippen LogP contribution in [0.3, 0.4) is 0 Å². The van der Waals surface area contributed by atoms with Crippen molar-refractivity contribution in [1.82, 2.24) is 0 Å². The molecule has 7 nitrogen and oxygen atoms in total. The molecule has 0 saturated heterocycles. The van der Waals surface area contributed by atoms with Crippen molar-refractivity contribution in [2.75, 3.05) is 19.1 Å². The van der Waals surface area contributed by atoms with E-state index in [1.54, 1.807) is 0 Å². The fourth-order valence-corrected chi connectivity index (χ4v) is 4.17. The third-order valence-corrected chi connectivity index (χ3v) is 4.91. The number of halogens is 1. The van der Waals surface area contributed by atoms with Gasteiger partial charge in [-0.15, -0.1) is 0 Å². The summed E-state index contributed by atoms with van der Waals surface area (Å²) < 4.78 is 64.9. The summed E-state index contributed by atoms with van der Waals surface area (Å²) in [5, 5.41) is 0. The first-order valence-corrected chi connectivity index (χ1v) is 9.63. The van der Waals surface area contributed by atoms with Crippen LogP contribution < -0.4 is 0 Å². The van der Waals surface area contributed by atoms with Crippen molar-refractivity contribution < 1.29 is 35.6 Å². The zero-order valence-corrected chi connectivity index (χ0v) is 13.5. The second-order valence-corrected chi connectivity index (χ2v) is 8.32. The van der Waals surface area contributed by atoms with Gasteiger partial charge in [0.25, 0.3) is 5.78 Å². The van der Waals surface area contributed by atoms with E-state index < -0.39 is 52.6 Å². The fraction of sp³-hybridized carbons (Fsp3) is 0.333. The Labute approximate surface area is 126 Å². The second kappa shape index (κ2) is 6.13. The summed E-state index contributed by atoms with van der Waals surface area (Å²) in [7, 11) is -8.36.